The summed E-state index contributed by atoms with van der Waals surface area (Å²) in [5.74, 6) is -2.20. The first kappa shape index (κ1) is 16.4. The Hall–Kier alpha value is -2.50. The van der Waals surface area contributed by atoms with E-state index in [1.165, 1.54) is 6.21 Å². The molecule has 1 aliphatic heterocycles. The van der Waals surface area contributed by atoms with E-state index in [4.69, 9.17) is 0 Å². The number of benzene rings is 1. The molecule has 2 fully saturated rings. The number of urea groups is 1. The third-order valence-electron chi connectivity index (χ3n) is 4.57. The van der Waals surface area contributed by atoms with Crippen molar-refractivity contribution in [3.8, 4) is 0 Å². The van der Waals surface area contributed by atoms with Gasteiger partial charge in [-0.15, -0.1) is 0 Å². The molecule has 1 aromatic carbocycles. The van der Waals surface area contributed by atoms with E-state index in [2.05, 4.69) is 10.3 Å². The number of amides is 4. The molecule has 1 aliphatic carbocycles. The summed E-state index contributed by atoms with van der Waals surface area (Å²) in [5.41, 5.74) is 2.34. The zero-order valence-electron chi connectivity index (χ0n) is 13.9. The highest BCUT2D eigenvalue weighted by Crippen LogP contribution is 2.26. The summed E-state index contributed by atoms with van der Waals surface area (Å²) in [7, 11) is 0. The van der Waals surface area contributed by atoms with Gasteiger partial charge in [-0.05, 0) is 38.3 Å². The molecule has 3 rings (SSSR count). The van der Waals surface area contributed by atoms with Gasteiger partial charge in [-0.2, -0.15) is 0 Å². The molecule has 0 spiro atoms. The molecule has 0 unspecified atom stereocenters. The average Bonchev–Trinajstić information content (AvgIpc) is 3.02. The number of nitrogens with one attached hydrogen (secondary N) is 1. The first-order valence-electron chi connectivity index (χ1n) is 8.26. The first-order chi connectivity index (χ1) is 11.5. The van der Waals surface area contributed by atoms with E-state index in [0.717, 1.165) is 41.7 Å². The Kier molecular flexibility index (Phi) is 4.46. The predicted octanol–water partition coefficient (Wildman–Crippen LogP) is 2.52. The van der Waals surface area contributed by atoms with Crippen LogP contribution in [0, 0.1) is 19.8 Å². The summed E-state index contributed by atoms with van der Waals surface area (Å²) in [5, 5.41) is 2.26. The maximum Gasteiger partial charge on any atom is 0.335 e. The molecule has 1 saturated heterocycles. The van der Waals surface area contributed by atoms with Crippen molar-refractivity contribution in [2.45, 2.75) is 45.6 Å². The molecule has 2 aliphatic rings. The summed E-state index contributed by atoms with van der Waals surface area (Å²) in [4.78, 5) is 42.4. The lowest BCUT2D eigenvalue weighted by atomic mass is 10.0. The Morgan fingerprint density at radius 3 is 2.54 bits per heavy atom. The number of barbiturate groups is 1. The minimum atomic E-state index is -1.05. The number of carbonyl (C=O) groups excluding carboxylic acids is 3. The van der Waals surface area contributed by atoms with E-state index < -0.39 is 23.8 Å². The number of nitrogens with zero attached hydrogens (tertiary/aromatic N) is 2. The molecule has 1 N–H and O–H groups in total. The second-order valence-electron chi connectivity index (χ2n) is 6.47. The monoisotopic (exact) mass is 327 g/mol. The third-order valence-corrected chi connectivity index (χ3v) is 4.57. The number of anilines is 1. The van der Waals surface area contributed by atoms with Crippen molar-refractivity contribution in [3.05, 3.63) is 29.3 Å². The van der Waals surface area contributed by atoms with Gasteiger partial charge in [-0.1, -0.05) is 30.5 Å². The maximum atomic E-state index is 12.7. The summed E-state index contributed by atoms with van der Waals surface area (Å²) in [6.07, 6.45) is 5.63. The van der Waals surface area contributed by atoms with Crippen LogP contribution in [0.15, 0.2) is 23.2 Å². The van der Waals surface area contributed by atoms with Crippen molar-refractivity contribution in [2.75, 3.05) is 4.90 Å². The first-order valence-corrected chi connectivity index (χ1v) is 8.26. The summed E-state index contributed by atoms with van der Waals surface area (Å²) in [6.45, 7) is 3.77. The number of hydrogen-bond acceptors (Lipinski definition) is 4. The van der Waals surface area contributed by atoms with Crippen LogP contribution in [0.2, 0.25) is 0 Å². The standard InChI is InChI=1S/C18H21N3O3/c1-11-7-8-15(12(2)9-11)21-17(23)14(16(22)20-18(21)24)10-19-13-5-3-4-6-13/h7-10,13-14H,3-6H2,1-2H3,(H,20,22,24)/t14-/m0/s1. The lowest BCUT2D eigenvalue weighted by molar-refractivity contribution is -0.131. The van der Waals surface area contributed by atoms with Crippen LogP contribution in [0.1, 0.15) is 36.8 Å². The Balaban J connectivity index is 1.88. The molecule has 0 bridgehead atoms. The Bertz CT molecular complexity index is 720. The van der Waals surface area contributed by atoms with E-state index in [-0.39, 0.29) is 6.04 Å². The van der Waals surface area contributed by atoms with Crippen LogP contribution in [0.25, 0.3) is 0 Å². The third kappa shape index (κ3) is 3.09. The second kappa shape index (κ2) is 6.55. The molecule has 1 saturated carbocycles. The van der Waals surface area contributed by atoms with Crippen LogP contribution in [0.5, 0.6) is 0 Å². The van der Waals surface area contributed by atoms with E-state index in [1.807, 2.05) is 26.0 Å². The number of aryl methyl sites for hydroxylation is 2. The molecular formula is C18H21N3O3. The Morgan fingerprint density at radius 1 is 1.17 bits per heavy atom. The van der Waals surface area contributed by atoms with Crippen LogP contribution >= 0.6 is 0 Å². The van der Waals surface area contributed by atoms with Gasteiger partial charge in [0, 0.05) is 12.3 Å². The molecule has 1 atom stereocenters. The van der Waals surface area contributed by atoms with E-state index >= 15 is 0 Å². The SMILES string of the molecule is Cc1ccc(N2C(=O)NC(=O)[C@H](C=NC3CCCC3)C2=O)c(C)c1. The highest BCUT2D eigenvalue weighted by molar-refractivity contribution is 6.32. The van der Waals surface area contributed by atoms with Gasteiger partial charge in [0.15, 0.2) is 5.92 Å². The largest absolute Gasteiger partial charge is 0.335 e. The van der Waals surface area contributed by atoms with Gasteiger partial charge >= 0.3 is 6.03 Å². The smallest absolute Gasteiger partial charge is 0.293 e. The fourth-order valence-corrected chi connectivity index (χ4v) is 3.27. The van der Waals surface area contributed by atoms with Gasteiger partial charge in [-0.25, -0.2) is 9.69 Å². The highest BCUT2D eigenvalue weighted by atomic mass is 16.2. The van der Waals surface area contributed by atoms with Crippen molar-refractivity contribution in [3.63, 3.8) is 0 Å². The van der Waals surface area contributed by atoms with Gasteiger partial charge in [-0.3, -0.25) is 19.9 Å². The molecule has 0 aromatic heterocycles. The number of aliphatic imine (C=N–C) groups is 1. The molecule has 0 radical (unpaired) electrons. The van der Waals surface area contributed by atoms with Crippen molar-refractivity contribution in [2.24, 2.45) is 10.9 Å². The predicted molar refractivity (Wildman–Crippen MR) is 91.2 cm³/mol. The zero-order chi connectivity index (χ0) is 17.3. The fourth-order valence-electron chi connectivity index (χ4n) is 3.27. The topological polar surface area (TPSA) is 78.8 Å². The van der Waals surface area contributed by atoms with Gasteiger partial charge in [0.2, 0.25) is 5.91 Å². The van der Waals surface area contributed by atoms with Gasteiger partial charge in [0.25, 0.3) is 5.91 Å². The normalized spacial score (nSPS) is 22.5. The summed E-state index contributed by atoms with van der Waals surface area (Å²) in [6, 6.07) is 4.93. The Morgan fingerprint density at radius 2 is 1.88 bits per heavy atom. The number of hydrogen-bond donors (Lipinski definition) is 1. The van der Waals surface area contributed by atoms with Crippen LogP contribution in [-0.2, 0) is 9.59 Å². The van der Waals surface area contributed by atoms with E-state index in [1.54, 1.807) is 6.07 Å². The van der Waals surface area contributed by atoms with Crippen LogP contribution in [-0.4, -0.2) is 30.1 Å². The lowest BCUT2D eigenvalue weighted by Crippen LogP contribution is -2.58. The molecule has 6 heteroatoms. The van der Waals surface area contributed by atoms with Gasteiger partial charge in [0.05, 0.1) is 5.69 Å². The summed E-state index contributed by atoms with van der Waals surface area (Å²) >= 11 is 0. The summed E-state index contributed by atoms with van der Waals surface area (Å²) < 4.78 is 0. The molecule has 4 amide bonds. The van der Waals surface area contributed by atoms with Gasteiger partial charge < -0.3 is 0 Å². The van der Waals surface area contributed by atoms with Crippen molar-refractivity contribution >= 4 is 29.7 Å². The van der Waals surface area contributed by atoms with Crippen LogP contribution in [0.4, 0.5) is 10.5 Å². The highest BCUT2D eigenvalue weighted by Gasteiger charge is 2.41. The van der Waals surface area contributed by atoms with Crippen molar-refractivity contribution in [1.82, 2.24) is 5.32 Å². The van der Waals surface area contributed by atoms with Gasteiger partial charge in [0.1, 0.15) is 0 Å². The van der Waals surface area contributed by atoms with Crippen LogP contribution < -0.4 is 10.2 Å². The molecule has 1 heterocycles. The van der Waals surface area contributed by atoms with E-state index in [0.29, 0.717) is 5.69 Å². The number of rotatable bonds is 3. The van der Waals surface area contributed by atoms with Crippen LogP contribution in [0.3, 0.4) is 0 Å². The van der Waals surface area contributed by atoms with E-state index in [9.17, 15) is 14.4 Å². The fraction of sp³-hybridized carbons (Fsp3) is 0.444. The Labute approximate surface area is 140 Å². The average molecular weight is 327 g/mol. The molecule has 24 heavy (non-hydrogen) atoms. The minimum Gasteiger partial charge on any atom is -0.293 e. The second-order valence-corrected chi connectivity index (χ2v) is 6.47. The zero-order valence-corrected chi connectivity index (χ0v) is 13.9. The molecule has 126 valence electrons. The quantitative estimate of drug-likeness (QED) is 0.684. The van der Waals surface area contributed by atoms with Crippen molar-refractivity contribution < 1.29 is 14.4 Å². The number of imide groups is 2. The molecule has 1 aromatic rings. The lowest BCUT2D eigenvalue weighted by Gasteiger charge is -2.29. The number of carbonyl (C=O) groups is 3. The maximum absolute atomic E-state index is 12.7. The minimum absolute atomic E-state index is 0.179. The van der Waals surface area contributed by atoms with Crippen molar-refractivity contribution in [1.29, 1.82) is 0 Å². The molecule has 6 nitrogen and oxygen atoms in total. The molecular weight excluding hydrogens is 306 g/mol.